The largest absolute Gasteiger partial charge is 0.389 e. The Bertz CT molecular complexity index is 422. The van der Waals surface area contributed by atoms with Crippen molar-refractivity contribution >= 4 is 11.8 Å². The number of carbonyl (C=O) groups is 2. The van der Waals surface area contributed by atoms with Gasteiger partial charge in [0, 0.05) is 45.2 Å². The number of fused-ring (bicyclic) bond motifs is 1. The smallest absolute Gasteiger partial charge is 0.312 e. The van der Waals surface area contributed by atoms with Gasteiger partial charge in [-0.2, -0.15) is 0 Å². The van der Waals surface area contributed by atoms with Crippen molar-refractivity contribution in [2.24, 2.45) is 5.92 Å². The molecule has 2 amide bonds. The molecule has 3 fully saturated rings. The van der Waals surface area contributed by atoms with Crippen LogP contribution in [0.4, 0.5) is 0 Å². The fraction of sp³-hybridized carbons (Fsp3) is 0.867. The number of nitrogens with zero attached hydrogens (tertiary/aromatic N) is 2. The molecule has 21 heavy (non-hydrogen) atoms. The lowest BCUT2D eigenvalue weighted by Gasteiger charge is -2.47. The van der Waals surface area contributed by atoms with Crippen molar-refractivity contribution in [3.8, 4) is 0 Å². The molecule has 3 aliphatic rings. The van der Waals surface area contributed by atoms with Crippen molar-refractivity contribution in [3.63, 3.8) is 0 Å². The third-order valence-electron chi connectivity index (χ3n) is 5.30. The van der Waals surface area contributed by atoms with Crippen molar-refractivity contribution in [1.29, 1.82) is 0 Å². The second kappa shape index (κ2) is 5.93. The van der Waals surface area contributed by atoms with Gasteiger partial charge >= 0.3 is 11.8 Å². The Hall–Kier alpha value is -1.14. The number of amides is 2. The number of piperazine rings is 1. The molecule has 2 saturated heterocycles. The molecule has 6 heteroatoms. The van der Waals surface area contributed by atoms with Crippen LogP contribution >= 0.6 is 0 Å². The minimum absolute atomic E-state index is 0.139. The van der Waals surface area contributed by atoms with Gasteiger partial charge in [0.2, 0.25) is 0 Å². The zero-order valence-corrected chi connectivity index (χ0v) is 12.5. The average Bonchev–Trinajstić information content (AvgIpc) is 2.53. The Morgan fingerprint density at radius 2 is 1.71 bits per heavy atom. The van der Waals surface area contributed by atoms with E-state index in [1.807, 2.05) is 0 Å². The van der Waals surface area contributed by atoms with E-state index in [2.05, 4.69) is 5.32 Å². The molecule has 2 N–H and O–H groups in total. The van der Waals surface area contributed by atoms with E-state index in [0.717, 1.165) is 38.8 Å². The summed E-state index contributed by atoms with van der Waals surface area (Å²) in [4.78, 5) is 28.0. The topological polar surface area (TPSA) is 72.9 Å². The molecule has 2 aliphatic heterocycles. The maximum absolute atomic E-state index is 12.4. The number of aliphatic hydroxyl groups is 1. The summed E-state index contributed by atoms with van der Waals surface area (Å²) in [6, 6.07) is 0. The SMILES string of the molecule is O=C(C(=O)N1CCC2(O)CCCCC2C1)N1CCNCC1. The zero-order valence-electron chi connectivity index (χ0n) is 12.5. The maximum atomic E-state index is 12.4. The maximum Gasteiger partial charge on any atom is 0.312 e. The molecule has 2 atom stereocenters. The van der Waals surface area contributed by atoms with Gasteiger partial charge in [-0.25, -0.2) is 0 Å². The molecule has 1 saturated carbocycles. The molecule has 0 aromatic rings. The lowest BCUT2D eigenvalue weighted by atomic mass is 9.71. The summed E-state index contributed by atoms with van der Waals surface area (Å²) in [5.74, 6) is -0.623. The van der Waals surface area contributed by atoms with Crippen LogP contribution < -0.4 is 5.32 Å². The van der Waals surface area contributed by atoms with Crippen LogP contribution in [0, 0.1) is 5.92 Å². The number of carbonyl (C=O) groups excluding carboxylic acids is 2. The monoisotopic (exact) mass is 295 g/mol. The molecular formula is C15H25N3O3. The summed E-state index contributed by atoms with van der Waals surface area (Å²) in [6.07, 6.45) is 4.59. The van der Waals surface area contributed by atoms with Crippen molar-refractivity contribution in [2.45, 2.75) is 37.7 Å². The Balaban J connectivity index is 1.61. The highest BCUT2D eigenvalue weighted by molar-refractivity contribution is 6.34. The molecule has 6 nitrogen and oxygen atoms in total. The van der Waals surface area contributed by atoms with Crippen molar-refractivity contribution in [1.82, 2.24) is 15.1 Å². The van der Waals surface area contributed by atoms with Gasteiger partial charge in [-0.3, -0.25) is 9.59 Å². The van der Waals surface area contributed by atoms with Crippen LogP contribution in [0.3, 0.4) is 0 Å². The number of piperidine rings is 1. The first kappa shape index (κ1) is 14.8. The van der Waals surface area contributed by atoms with Gasteiger partial charge in [0.05, 0.1) is 5.60 Å². The molecule has 2 unspecified atom stereocenters. The predicted molar refractivity (Wildman–Crippen MR) is 77.6 cm³/mol. The van der Waals surface area contributed by atoms with Gasteiger partial charge in [0.1, 0.15) is 0 Å². The molecule has 118 valence electrons. The summed E-state index contributed by atoms with van der Waals surface area (Å²) < 4.78 is 0. The highest BCUT2D eigenvalue weighted by atomic mass is 16.3. The number of nitrogens with one attached hydrogen (secondary N) is 1. The molecule has 1 aliphatic carbocycles. The zero-order chi connectivity index (χ0) is 14.9. The Morgan fingerprint density at radius 1 is 1.00 bits per heavy atom. The predicted octanol–water partition coefficient (Wildman–Crippen LogP) is -0.428. The number of rotatable bonds is 0. The highest BCUT2D eigenvalue weighted by Crippen LogP contribution is 2.39. The number of hydrogen-bond donors (Lipinski definition) is 2. The normalized spacial score (nSPS) is 33.5. The molecule has 0 radical (unpaired) electrons. The van der Waals surface area contributed by atoms with E-state index in [-0.39, 0.29) is 17.7 Å². The Kier molecular flexibility index (Phi) is 4.17. The third kappa shape index (κ3) is 2.92. The number of hydrogen-bond acceptors (Lipinski definition) is 4. The molecule has 0 aromatic heterocycles. The second-order valence-electron chi connectivity index (χ2n) is 6.59. The molecule has 2 heterocycles. The van der Waals surface area contributed by atoms with E-state index in [9.17, 15) is 14.7 Å². The molecule has 0 bridgehead atoms. The van der Waals surface area contributed by atoms with Gasteiger partial charge in [-0.15, -0.1) is 0 Å². The van der Waals surface area contributed by atoms with E-state index in [1.165, 1.54) is 0 Å². The first-order valence-corrected chi connectivity index (χ1v) is 8.11. The first-order chi connectivity index (χ1) is 10.1. The molecule has 0 aromatic carbocycles. The van der Waals surface area contributed by atoms with Crippen LogP contribution in [-0.2, 0) is 9.59 Å². The van der Waals surface area contributed by atoms with Crippen LogP contribution in [0.1, 0.15) is 32.1 Å². The van der Waals surface area contributed by atoms with E-state index in [0.29, 0.717) is 32.6 Å². The lowest BCUT2D eigenvalue weighted by Crippen LogP contribution is -2.58. The molecule has 3 rings (SSSR count). The van der Waals surface area contributed by atoms with Gasteiger partial charge in [0.15, 0.2) is 0 Å². The standard InChI is InChI=1S/C15H25N3O3/c19-13(17-9-6-16-7-10-17)14(20)18-8-5-15(21)4-2-1-3-12(15)11-18/h12,16,21H,1-11H2. The van der Waals surface area contributed by atoms with E-state index in [1.54, 1.807) is 9.80 Å². The average molecular weight is 295 g/mol. The minimum atomic E-state index is -0.604. The molecule has 0 spiro atoms. The number of likely N-dealkylation sites (tertiary alicyclic amines) is 1. The summed E-state index contributed by atoms with van der Waals surface area (Å²) in [5.41, 5.74) is -0.604. The van der Waals surface area contributed by atoms with Crippen LogP contribution in [-0.4, -0.2) is 71.6 Å². The van der Waals surface area contributed by atoms with Crippen LogP contribution in [0.15, 0.2) is 0 Å². The van der Waals surface area contributed by atoms with Crippen LogP contribution in [0.25, 0.3) is 0 Å². The van der Waals surface area contributed by atoms with E-state index < -0.39 is 5.60 Å². The summed E-state index contributed by atoms with van der Waals surface area (Å²) in [5, 5.41) is 13.8. The van der Waals surface area contributed by atoms with Gasteiger partial charge in [-0.1, -0.05) is 12.8 Å². The Morgan fingerprint density at radius 3 is 2.48 bits per heavy atom. The fourth-order valence-corrected chi connectivity index (χ4v) is 3.89. The van der Waals surface area contributed by atoms with Crippen LogP contribution in [0.5, 0.6) is 0 Å². The third-order valence-corrected chi connectivity index (χ3v) is 5.30. The fourth-order valence-electron chi connectivity index (χ4n) is 3.89. The van der Waals surface area contributed by atoms with Crippen LogP contribution in [0.2, 0.25) is 0 Å². The summed E-state index contributed by atoms with van der Waals surface area (Å²) >= 11 is 0. The lowest BCUT2D eigenvalue weighted by molar-refractivity contribution is -0.158. The van der Waals surface area contributed by atoms with E-state index >= 15 is 0 Å². The minimum Gasteiger partial charge on any atom is -0.389 e. The highest BCUT2D eigenvalue weighted by Gasteiger charge is 2.44. The quantitative estimate of drug-likeness (QED) is 0.595. The second-order valence-corrected chi connectivity index (χ2v) is 6.59. The Labute approximate surface area is 125 Å². The first-order valence-electron chi connectivity index (χ1n) is 8.11. The van der Waals surface area contributed by atoms with E-state index in [4.69, 9.17) is 0 Å². The van der Waals surface area contributed by atoms with Gasteiger partial charge in [-0.05, 0) is 19.3 Å². The van der Waals surface area contributed by atoms with Gasteiger partial charge < -0.3 is 20.2 Å². The molecular weight excluding hydrogens is 270 g/mol. The van der Waals surface area contributed by atoms with Crippen molar-refractivity contribution in [3.05, 3.63) is 0 Å². The van der Waals surface area contributed by atoms with Crippen molar-refractivity contribution in [2.75, 3.05) is 39.3 Å². The van der Waals surface area contributed by atoms with Crippen molar-refractivity contribution < 1.29 is 14.7 Å². The van der Waals surface area contributed by atoms with Gasteiger partial charge in [0.25, 0.3) is 0 Å². The summed E-state index contributed by atoms with van der Waals surface area (Å²) in [7, 11) is 0. The summed E-state index contributed by atoms with van der Waals surface area (Å²) in [6.45, 7) is 3.75.